The van der Waals surface area contributed by atoms with Crippen molar-refractivity contribution in [2.45, 2.75) is 0 Å². The molecule has 8 heteroatoms. The summed E-state index contributed by atoms with van der Waals surface area (Å²) in [5.41, 5.74) is 3.69. The zero-order chi connectivity index (χ0) is 19.0. The molecule has 0 saturated carbocycles. The third-order valence-electron chi connectivity index (χ3n) is 3.02. The highest BCUT2D eigenvalue weighted by Gasteiger charge is 2.00. The van der Waals surface area contributed by atoms with Crippen LogP contribution in [0.4, 0.5) is 17.1 Å². The molecule has 0 fully saturated rings. The van der Waals surface area contributed by atoms with E-state index >= 15 is 0 Å². The van der Waals surface area contributed by atoms with Crippen LogP contribution in [0.5, 0.6) is 0 Å². The van der Waals surface area contributed by atoms with E-state index in [1.54, 1.807) is 12.2 Å². The summed E-state index contributed by atoms with van der Waals surface area (Å²) >= 11 is 0. The number of nitrogens with zero attached hydrogens (tertiary/aromatic N) is 1. The first-order valence-corrected chi connectivity index (χ1v) is 8.80. The van der Waals surface area contributed by atoms with E-state index in [2.05, 4.69) is 10.3 Å². The van der Waals surface area contributed by atoms with Gasteiger partial charge >= 0.3 is 10.4 Å². The maximum absolute atomic E-state index is 11.0. The van der Waals surface area contributed by atoms with Crippen LogP contribution in [0.25, 0.3) is 0 Å². The number of hydrogen-bond donors (Lipinski definition) is 3. The Balaban J connectivity index is 0.000000431. The number of carbonyl (C=O) groups is 1. The molecule has 2 aromatic rings. The van der Waals surface area contributed by atoms with Crippen molar-refractivity contribution < 1.29 is 22.3 Å². The Kier molecular flexibility index (Phi) is 6.56. The first kappa shape index (κ1) is 19.3. The Morgan fingerprint density at radius 1 is 0.769 bits per heavy atom. The molecule has 0 heterocycles. The van der Waals surface area contributed by atoms with Gasteiger partial charge in [-0.1, -0.05) is 18.2 Å². The average Bonchev–Trinajstić information content (AvgIpc) is 2.58. The van der Waals surface area contributed by atoms with Crippen molar-refractivity contribution in [2.24, 2.45) is 4.99 Å². The van der Waals surface area contributed by atoms with Gasteiger partial charge in [-0.25, -0.2) is 4.99 Å². The summed E-state index contributed by atoms with van der Waals surface area (Å²) in [5, 5.41) is 3.32. The second kappa shape index (κ2) is 8.86. The second-order valence-corrected chi connectivity index (χ2v) is 5.99. The Bertz CT molecular complexity index is 921. The molecule has 0 spiro atoms. The van der Waals surface area contributed by atoms with Gasteiger partial charge in [0.2, 0.25) is 0 Å². The molecule has 0 radical (unpaired) electrons. The molecule has 3 rings (SSSR count). The molecule has 2 aromatic carbocycles. The molecule has 26 heavy (non-hydrogen) atoms. The number of rotatable bonds is 3. The van der Waals surface area contributed by atoms with Crippen LogP contribution in [0.2, 0.25) is 0 Å². The average molecular weight is 372 g/mol. The normalized spacial score (nSPS) is 13.0. The van der Waals surface area contributed by atoms with Gasteiger partial charge in [-0.2, -0.15) is 8.42 Å². The number of aliphatic imine (C=N–C) groups is 1. The molecule has 0 amide bonds. The number of carbonyl (C=O) groups excluding carboxylic acids is 1. The van der Waals surface area contributed by atoms with Crippen molar-refractivity contribution in [3.05, 3.63) is 78.9 Å². The zero-order valence-electron chi connectivity index (χ0n) is 13.5. The molecule has 0 aromatic heterocycles. The Hall–Kier alpha value is -3.07. The second-order valence-electron chi connectivity index (χ2n) is 5.09. The van der Waals surface area contributed by atoms with Crippen LogP contribution in [-0.2, 0) is 15.2 Å². The molecule has 1 aliphatic carbocycles. The summed E-state index contributed by atoms with van der Waals surface area (Å²) < 4.78 is 31.6. The predicted octanol–water partition coefficient (Wildman–Crippen LogP) is 3.55. The van der Waals surface area contributed by atoms with Crippen LogP contribution in [0.15, 0.2) is 83.9 Å². The Morgan fingerprint density at radius 3 is 1.81 bits per heavy atom. The lowest BCUT2D eigenvalue weighted by Gasteiger charge is -2.06. The summed E-state index contributed by atoms with van der Waals surface area (Å²) in [6, 6.07) is 17.8. The van der Waals surface area contributed by atoms with E-state index in [9.17, 15) is 4.79 Å². The molecule has 0 aliphatic heterocycles. The van der Waals surface area contributed by atoms with Gasteiger partial charge in [0.25, 0.3) is 0 Å². The van der Waals surface area contributed by atoms with Gasteiger partial charge in [0.1, 0.15) is 0 Å². The number of hydrogen-bond acceptors (Lipinski definition) is 5. The van der Waals surface area contributed by atoms with Gasteiger partial charge in [-0.3, -0.25) is 13.9 Å². The molecule has 3 N–H and O–H groups in total. The van der Waals surface area contributed by atoms with Crippen molar-refractivity contribution in [2.75, 3.05) is 5.32 Å². The lowest BCUT2D eigenvalue weighted by Crippen LogP contribution is -1.98. The van der Waals surface area contributed by atoms with Crippen LogP contribution >= 0.6 is 0 Å². The van der Waals surface area contributed by atoms with Crippen LogP contribution < -0.4 is 5.32 Å². The van der Waals surface area contributed by atoms with E-state index in [0.717, 1.165) is 22.8 Å². The summed E-state index contributed by atoms with van der Waals surface area (Å²) in [6.45, 7) is 0. The first-order valence-electron chi connectivity index (χ1n) is 7.40. The molecule has 0 atom stereocenters. The standard InChI is InChI=1S/C18H14N2O.H2O4S/c21-18-12-10-17(11-13-18)20-16-8-6-15(7-9-16)19-14-4-2-1-3-5-14;1-5(2,3)4/h1-13,19H;(H2,1,2,3,4). The van der Waals surface area contributed by atoms with Crippen molar-refractivity contribution in [1.82, 2.24) is 0 Å². The third-order valence-corrected chi connectivity index (χ3v) is 3.02. The molecule has 1 aliphatic rings. The van der Waals surface area contributed by atoms with Gasteiger partial charge in [0, 0.05) is 11.4 Å². The van der Waals surface area contributed by atoms with Crippen LogP contribution in [0, 0.1) is 0 Å². The fraction of sp³-hybridized carbons (Fsp3) is 0. The highest BCUT2D eigenvalue weighted by Crippen LogP contribution is 2.20. The molecular weight excluding hydrogens is 356 g/mol. The lowest BCUT2D eigenvalue weighted by atomic mass is 10.1. The summed E-state index contributed by atoms with van der Waals surface area (Å²) in [7, 11) is -4.67. The van der Waals surface area contributed by atoms with E-state index in [4.69, 9.17) is 17.5 Å². The summed E-state index contributed by atoms with van der Waals surface area (Å²) in [4.78, 5) is 15.5. The number of benzene rings is 2. The predicted molar refractivity (Wildman–Crippen MR) is 101 cm³/mol. The minimum Gasteiger partial charge on any atom is -0.356 e. The zero-order valence-corrected chi connectivity index (χ0v) is 14.3. The molecular formula is C18H16N2O5S. The largest absolute Gasteiger partial charge is 0.394 e. The topological polar surface area (TPSA) is 116 Å². The highest BCUT2D eigenvalue weighted by molar-refractivity contribution is 7.79. The minimum absolute atomic E-state index is 0.00337. The summed E-state index contributed by atoms with van der Waals surface area (Å²) in [6.07, 6.45) is 6.48. The molecule has 0 saturated heterocycles. The van der Waals surface area contributed by atoms with E-state index in [1.165, 1.54) is 12.2 Å². The SMILES string of the molecule is O=C1C=CC(=Nc2ccc(Nc3ccccc3)cc2)C=C1.O=S(=O)(O)O. The van der Waals surface area contributed by atoms with E-state index in [1.807, 2.05) is 54.6 Å². The summed E-state index contributed by atoms with van der Waals surface area (Å²) in [5.74, 6) is -0.00337. The van der Waals surface area contributed by atoms with Crippen molar-refractivity contribution in [1.29, 1.82) is 0 Å². The molecule has 0 unspecified atom stereocenters. The number of anilines is 2. The number of para-hydroxylation sites is 1. The molecule has 134 valence electrons. The van der Waals surface area contributed by atoms with Gasteiger partial charge in [-0.05, 0) is 60.7 Å². The number of allylic oxidation sites excluding steroid dienone is 4. The highest BCUT2D eigenvalue weighted by atomic mass is 32.3. The quantitative estimate of drug-likeness (QED) is 0.560. The maximum atomic E-state index is 11.0. The monoisotopic (exact) mass is 372 g/mol. The minimum atomic E-state index is -4.67. The van der Waals surface area contributed by atoms with E-state index in [0.29, 0.717) is 0 Å². The van der Waals surface area contributed by atoms with Crippen LogP contribution in [0.3, 0.4) is 0 Å². The smallest absolute Gasteiger partial charge is 0.356 e. The van der Waals surface area contributed by atoms with E-state index in [-0.39, 0.29) is 5.78 Å². The van der Waals surface area contributed by atoms with Gasteiger partial charge < -0.3 is 5.32 Å². The fourth-order valence-corrected chi connectivity index (χ4v) is 1.98. The van der Waals surface area contributed by atoms with Crippen molar-refractivity contribution in [3.8, 4) is 0 Å². The Labute approximate surface area is 151 Å². The number of ketones is 1. The molecule has 0 bridgehead atoms. The molecule has 7 nitrogen and oxygen atoms in total. The van der Waals surface area contributed by atoms with Crippen molar-refractivity contribution in [3.63, 3.8) is 0 Å². The third kappa shape index (κ3) is 7.67. The first-order chi connectivity index (χ1) is 12.3. The Morgan fingerprint density at radius 2 is 1.27 bits per heavy atom. The van der Waals surface area contributed by atoms with Crippen molar-refractivity contribution >= 4 is 39.0 Å². The van der Waals surface area contributed by atoms with Crippen LogP contribution in [0.1, 0.15) is 0 Å². The maximum Gasteiger partial charge on any atom is 0.394 e. The van der Waals surface area contributed by atoms with E-state index < -0.39 is 10.4 Å². The van der Waals surface area contributed by atoms with Gasteiger partial charge in [0.15, 0.2) is 5.78 Å². The fourth-order valence-electron chi connectivity index (χ4n) is 1.98. The lowest BCUT2D eigenvalue weighted by molar-refractivity contribution is -0.110. The van der Waals surface area contributed by atoms with Gasteiger partial charge in [0.05, 0.1) is 11.4 Å². The number of nitrogens with one attached hydrogen (secondary N) is 1. The van der Waals surface area contributed by atoms with Crippen LogP contribution in [-0.4, -0.2) is 29.0 Å². The van der Waals surface area contributed by atoms with Gasteiger partial charge in [-0.15, -0.1) is 0 Å².